The second-order valence-corrected chi connectivity index (χ2v) is 8.66. The largest absolute Gasteiger partial charge is 0.353 e. The molecule has 3 rings (SSSR count). The average Bonchev–Trinajstić information content (AvgIpc) is 3.02. The van der Waals surface area contributed by atoms with Gasteiger partial charge in [-0.05, 0) is 25.7 Å². The standard InChI is InChI=1S/C17H31N3OS/c18-17(8-4-5-9-17)15(21)19-14-16(6-2-1-3-7-16)20-10-12-22-13-11-20/h1-14,18H2,(H,19,21). The first-order valence-electron chi connectivity index (χ1n) is 9.05. The first-order chi connectivity index (χ1) is 10.6. The Balaban J connectivity index is 1.63. The number of nitrogens with two attached hydrogens (primary N) is 1. The summed E-state index contributed by atoms with van der Waals surface area (Å²) in [6.45, 7) is 3.15. The van der Waals surface area contributed by atoms with Crippen molar-refractivity contribution < 1.29 is 4.79 Å². The zero-order valence-corrected chi connectivity index (χ0v) is 14.6. The van der Waals surface area contributed by atoms with Crippen LogP contribution in [0.25, 0.3) is 0 Å². The van der Waals surface area contributed by atoms with Crippen molar-refractivity contribution in [2.45, 2.75) is 68.9 Å². The third-order valence-corrected chi connectivity index (χ3v) is 6.93. The van der Waals surface area contributed by atoms with Gasteiger partial charge < -0.3 is 11.1 Å². The van der Waals surface area contributed by atoms with Gasteiger partial charge in [-0.25, -0.2) is 0 Å². The Bertz CT molecular complexity index is 383. The van der Waals surface area contributed by atoms with Gasteiger partial charge in [0.2, 0.25) is 5.91 Å². The van der Waals surface area contributed by atoms with Crippen molar-refractivity contribution in [3.05, 3.63) is 0 Å². The third kappa shape index (κ3) is 3.46. The van der Waals surface area contributed by atoms with E-state index in [0.717, 1.165) is 32.2 Å². The zero-order valence-electron chi connectivity index (χ0n) is 13.7. The zero-order chi connectivity index (χ0) is 15.5. The molecule has 0 aromatic carbocycles. The summed E-state index contributed by atoms with van der Waals surface area (Å²) in [6, 6.07) is 0. The van der Waals surface area contributed by atoms with E-state index in [1.165, 1.54) is 56.7 Å². The van der Waals surface area contributed by atoms with Crippen LogP contribution in [-0.2, 0) is 4.79 Å². The minimum atomic E-state index is -0.590. The summed E-state index contributed by atoms with van der Waals surface area (Å²) >= 11 is 2.06. The highest BCUT2D eigenvalue weighted by Gasteiger charge is 2.41. The van der Waals surface area contributed by atoms with Crippen LogP contribution in [0.2, 0.25) is 0 Å². The van der Waals surface area contributed by atoms with Crippen molar-refractivity contribution in [1.82, 2.24) is 10.2 Å². The van der Waals surface area contributed by atoms with Gasteiger partial charge in [0.25, 0.3) is 0 Å². The molecule has 0 aromatic rings. The van der Waals surface area contributed by atoms with Crippen LogP contribution in [0.3, 0.4) is 0 Å². The molecule has 3 fully saturated rings. The minimum absolute atomic E-state index is 0.0985. The Morgan fingerprint density at radius 2 is 1.59 bits per heavy atom. The lowest BCUT2D eigenvalue weighted by Gasteiger charge is -2.48. The fraction of sp³-hybridized carbons (Fsp3) is 0.941. The summed E-state index contributed by atoms with van der Waals surface area (Å²) in [7, 11) is 0. The minimum Gasteiger partial charge on any atom is -0.353 e. The van der Waals surface area contributed by atoms with Gasteiger partial charge in [-0.3, -0.25) is 9.69 Å². The molecular weight excluding hydrogens is 294 g/mol. The second kappa shape index (κ2) is 7.10. The Morgan fingerprint density at radius 3 is 2.23 bits per heavy atom. The van der Waals surface area contributed by atoms with Gasteiger partial charge in [0.05, 0.1) is 5.54 Å². The van der Waals surface area contributed by atoms with E-state index in [1.54, 1.807) is 0 Å². The van der Waals surface area contributed by atoms with E-state index in [4.69, 9.17) is 5.73 Å². The van der Waals surface area contributed by atoms with Crippen molar-refractivity contribution in [2.75, 3.05) is 31.1 Å². The van der Waals surface area contributed by atoms with Crippen molar-refractivity contribution in [3.63, 3.8) is 0 Å². The number of thioether (sulfide) groups is 1. The van der Waals surface area contributed by atoms with Gasteiger partial charge >= 0.3 is 0 Å². The highest BCUT2D eigenvalue weighted by atomic mass is 32.2. The normalized spacial score (nSPS) is 28.4. The highest BCUT2D eigenvalue weighted by Crippen LogP contribution is 2.35. The Morgan fingerprint density at radius 1 is 1.00 bits per heavy atom. The van der Waals surface area contributed by atoms with Crippen LogP contribution in [0.15, 0.2) is 0 Å². The van der Waals surface area contributed by atoms with Gasteiger partial charge in [0.1, 0.15) is 0 Å². The quantitative estimate of drug-likeness (QED) is 0.831. The molecular formula is C17H31N3OS. The molecule has 126 valence electrons. The van der Waals surface area contributed by atoms with Gasteiger partial charge in [0, 0.05) is 36.7 Å². The fourth-order valence-corrected chi connectivity index (χ4v) is 5.41. The summed E-state index contributed by atoms with van der Waals surface area (Å²) in [5.74, 6) is 2.56. The van der Waals surface area contributed by atoms with Gasteiger partial charge in [-0.15, -0.1) is 0 Å². The van der Waals surface area contributed by atoms with E-state index in [9.17, 15) is 4.79 Å². The van der Waals surface area contributed by atoms with E-state index in [0.29, 0.717) is 0 Å². The van der Waals surface area contributed by atoms with Crippen LogP contribution in [-0.4, -0.2) is 53.0 Å². The van der Waals surface area contributed by atoms with Crippen molar-refractivity contribution >= 4 is 17.7 Å². The maximum Gasteiger partial charge on any atom is 0.240 e. The maximum atomic E-state index is 12.6. The molecule has 2 aliphatic carbocycles. The Hall–Kier alpha value is -0.260. The SMILES string of the molecule is NC1(C(=O)NCC2(N3CCSCC3)CCCCC2)CCCC1. The van der Waals surface area contributed by atoms with E-state index < -0.39 is 5.54 Å². The maximum absolute atomic E-state index is 12.6. The van der Waals surface area contributed by atoms with Crippen molar-refractivity contribution in [2.24, 2.45) is 5.73 Å². The molecule has 0 atom stereocenters. The van der Waals surface area contributed by atoms with Gasteiger partial charge in [-0.1, -0.05) is 32.1 Å². The first kappa shape index (κ1) is 16.6. The Labute approximate surface area is 138 Å². The summed E-state index contributed by atoms with van der Waals surface area (Å²) < 4.78 is 0. The molecule has 2 saturated carbocycles. The number of rotatable bonds is 4. The average molecular weight is 326 g/mol. The van der Waals surface area contributed by atoms with E-state index in [1.807, 2.05) is 0 Å². The molecule has 3 aliphatic rings. The highest BCUT2D eigenvalue weighted by molar-refractivity contribution is 7.99. The van der Waals surface area contributed by atoms with Crippen LogP contribution in [0, 0.1) is 0 Å². The molecule has 22 heavy (non-hydrogen) atoms. The second-order valence-electron chi connectivity index (χ2n) is 7.43. The van der Waals surface area contributed by atoms with Gasteiger partial charge in [0.15, 0.2) is 0 Å². The molecule has 1 amide bonds. The molecule has 0 unspecified atom stereocenters. The summed E-state index contributed by atoms with van der Waals surface area (Å²) in [5.41, 5.74) is 5.92. The number of nitrogens with zero attached hydrogens (tertiary/aromatic N) is 1. The molecule has 0 spiro atoms. The summed E-state index contributed by atoms with van der Waals surface area (Å²) in [4.78, 5) is 15.2. The monoisotopic (exact) mass is 325 g/mol. The topological polar surface area (TPSA) is 58.4 Å². The molecule has 4 nitrogen and oxygen atoms in total. The molecule has 5 heteroatoms. The fourth-order valence-electron chi connectivity index (χ4n) is 4.51. The molecule has 1 saturated heterocycles. The summed E-state index contributed by atoms with van der Waals surface area (Å²) in [5, 5.41) is 3.26. The molecule has 1 heterocycles. The van der Waals surface area contributed by atoms with E-state index >= 15 is 0 Å². The number of hydrogen-bond acceptors (Lipinski definition) is 4. The van der Waals surface area contributed by atoms with Crippen molar-refractivity contribution in [3.8, 4) is 0 Å². The molecule has 0 radical (unpaired) electrons. The molecule has 0 bridgehead atoms. The summed E-state index contributed by atoms with van der Waals surface area (Å²) in [6.07, 6.45) is 10.3. The Kier molecular flexibility index (Phi) is 5.35. The molecule has 0 aromatic heterocycles. The van der Waals surface area contributed by atoms with Crippen LogP contribution >= 0.6 is 11.8 Å². The first-order valence-corrected chi connectivity index (χ1v) is 10.2. The van der Waals surface area contributed by atoms with E-state index in [-0.39, 0.29) is 11.4 Å². The predicted molar refractivity (Wildman–Crippen MR) is 93.1 cm³/mol. The molecule has 1 aliphatic heterocycles. The number of amides is 1. The smallest absolute Gasteiger partial charge is 0.240 e. The predicted octanol–water partition coefficient (Wildman–Crippen LogP) is 2.13. The van der Waals surface area contributed by atoms with Crippen LogP contribution in [0.1, 0.15) is 57.8 Å². The number of carbonyl (C=O) groups excluding carboxylic acids is 1. The molecule has 3 N–H and O–H groups in total. The van der Waals surface area contributed by atoms with Crippen molar-refractivity contribution in [1.29, 1.82) is 0 Å². The lowest BCUT2D eigenvalue weighted by Crippen LogP contribution is -2.61. The van der Waals surface area contributed by atoms with Gasteiger partial charge in [-0.2, -0.15) is 11.8 Å². The van der Waals surface area contributed by atoms with Crippen LogP contribution < -0.4 is 11.1 Å². The number of nitrogens with one attached hydrogen (secondary N) is 1. The third-order valence-electron chi connectivity index (χ3n) is 5.99. The van der Waals surface area contributed by atoms with Crippen LogP contribution in [0.4, 0.5) is 0 Å². The number of carbonyl (C=O) groups is 1. The van der Waals surface area contributed by atoms with E-state index in [2.05, 4.69) is 22.0 Å². The van der Waals surface area contributed by atoms with Crippen LogP contribution in [0.5, 0.6) is 0 Å². The number of hydrogen-bond donors (Lipinski definition) is 2. The lowest BCUT2D eigenvalue weighted by atomic mass is 9.79. The lowest BCUT2D eigenvalue weighted by molar-refractivity contribution is -0.127.